The van der Waals surface area contributed by atoms with Gasteiger partial charge in [-0.1, -0.05) is 0 Å². The molecule has 0 aromatic heterocycles. The number of anilines is 2. The van der Waals surface area contributed by atoms with Gasteiger partial charge in [0.2, 0.25) is 0 Å². The van der Waals surface area contributed by atoms with E-state index in [-0.39, 0.29) is 23.1 Å². The van der Waals surface area contributed by atoms with Crippen LogP contribution in [0.1, 0.15) is 10.4 Å². The molecule has 0 aliphatic heterocycles. The van der Waals surface area contributed by atoms with Gasteiger partial charge in [0.1, 0.15) is 17.6 Å². The van der Waals surface area contributed by atoms with Crippen molar-refractivity contribution in [2.24, 2.45) is 0 Å². The van der Waals surface area contributed by atoms with Crippen LogP contribution < -0.4 is 14.8 Å². The zero-order valence-corrected chi connectivity index (χ0v) is 16.3. The summed E-state index contributed by atoms with van der Waals surface area (Å²) in [4.78, 5) is 12.3. The van der Waals surface area contributed by atoms with Crippen molar-refractivity contribution in [2.75, 3.05) is 16.6 Å². The summed E-state index contributed by atoms with van der Waals surface area (Å²) in [5.74, 6) is -0.408. The normalized spacial score (nSPS) is 10.7. The molecule has 0 unspecified atom stereocenters. The van der Waals surface area contributed by atoms with Crippen LogP contribution in [0.4, 0.5) is 15.8 Å². The Labute approximate surface area is 172 Å². The summed E-state index contributed by atoms with van der Waals surface area (Å²) in [5.41, 5.74) is 1.12. The SMILES string of the molecule is N#CCOc1ccc(NC(=O)c2ccc(NS(=O)(=O)c3ccc(F)cc3)cc2)cc1. The molecule has 0 spiro atoms. The highest BCUT2D eigenvalue weighted by Gasteiger charge is 2.14. The first-order valence-electron chi connectivity index (χ1n) is 8.67. The van der Waals surface area contributed by atoms with Crippen LogP contribution in [0, 0.1) is 17.1 Å². The highest BCUT2D eigenvalue weighted by molar-refractivity contribution is 7.92. The quantitative estimate of drug-likeness (QED) is 0.599. The number of rotatable bonds is 7. The summed E-state index contributed by atoms with van der Waals surface area (Å²) in [6.45, 7) is -0.0665. The van der Waals surface area contributed by atoms with Crippen molar-refractivity contribution in [2.45, 2.75) is 4.90 Å². The van der Waals surface area contributed by atoms with Crippen LogP contribution in [-0.2, 0) is 10.0 Å². The molecule has 2 N–H and O–H groups in total. The Kier molecular flexibility index (Phi) is 6.29. The van der Waals surface area contributed by atoms with Gasteiger partial charge in [-0.15, -0.1) is 0 Å². The van der Waals surface area contributed by atoms with E-state index in [9.17, 15) is 17.6 Å². The van der Waals surface area contributed by atoms with Gasteiger partial charge in [-0.05, 0) is 72.8 Å². The topological polar surface area (TPSA) is 108 Å². The van der Waals surface area contributed by atoms with Crippen LogP contribution in [0.15, 0.2) is 77.7 Å². The van der Waals surface area contributed by atoms with Crippen LogP contribution in [0.3, 0.4) is 0 Å². The maximum atomic E-state index is 13.0. The van der Waals surface area contributed by atoms with Gasteiger partial charge in [0, 0.05) is 16.9 Å². The number of nitrogens with zero attached hydrogens (tertiary/aromatic N) is 1. The summed E-state index contributed by atoms with van der Waals surface area (Å²) in [7, 11) is -3.87. The average molecular weight is 425 g/mol. The van der Waals surface area contributed by atoms with E-state index < -0.39 is 15.8 Å². The van der Waals surface area contributed by atoms with Gasteiger partial charge in [-0.25, -0.2) is 12.8 Å². The summed E-state index contributed by atoms with van der Waals surface area (Å²) < 4.78 is 45.1. The van der Waals surface area contributed by atoms with E-state index in [2.05, 4.69) is 10.0 Å². The molecule has 3 aromatic carbocycles. The highest BCUT2D eigenvalue weighted by atomic mass is 32.2. The molecule has 152 valence electrons. The van der Waals surface area contributed by atoms with E-state index in [1.54, 1.807) is 24.3 Å². The lowest BCUT2D eigenvalue weighted by Gasteiger charge is -2.10. The second-order valence-corrected chi connectivity index (χ2v) is 7.74. The predicted molar refractivity (Wildman–Crippen MR) is 109 cm³/mol. The number of sulfonamides is 1. The number of nitriles is 1. The Morgan fingerprint density at radius 2 is 1.53 bits per heavy atom. The number of benzene rings is 3. The molecule has 1 amide bonds. The molecule has 0 fully saturated rings. The molecular formula is C21H16FN3O4S. The maximum absolute atomic E-state index is 13.0. The summed E-state index contributed by atoms with van der Waals surface area (Å²) in [6, 6.07) is 18.7. The number of hydrogen-bond donors (Lipinski definition) is 2. The molecule has 0 bridgehead atoms. The second kappa shape index (κ2) is 9.07. The first-order valence-corrected chi connectivity index (χ1v) is 10.2. The van der Waals surface area contributed by atoms with Crippen LogP contribution in [0.25, 0.3) is 0 Å². The molecule has 0 radical (unpaired) electrons. The smallest absolute Gasteiger partial charge is 0.261 e. The third-order valence-electron chi connectivity index (χ3n) is 3.94. The Morgan fingerprint density at radius 3 is 2.13 bits per heavy atom. The van der Waals surface area contributed by atoms with Crippen molar-refractivity contribution in [3.8, 4) is 11.8 Å². The molecule has 0 aliphatic rings. The number of amides is 1. The fourth-order valence-electron chi connectivity index (χ4n) is 2.47. The van der Waals surface area contributed by atoms with Crippen LogP contribution >= 0.6 is 0 Å². The third-order valence-corrected chi connectivity index (χ3v) is 5.34. The number of ether oxygens (including phenoxy) is 1. The minimum Gasteiger partial charge on any atom is -0.479 e. The Bertz CT molecular complexity index is 1170. The summed E-state index contributed by atoms with van der Waals surface area (Å²) in [5, 5.41) is 11.2. The Balaban J connectivity index is 1.64. The van der Waals surface area contributed by atoms with E-state index in [0.717, 1.165) is 24.3 Å². The molecule has 7 nitrogen and oxygen atoms in total. The molecule has 30 heavy (non-hydrogen) atoms. The van der Waals surface area contributed by atoms with Crippen molar-refractivity contribution in [3.63, 3.8) is 0 Å². The van der Waals surface area contributed by atoms with E-state index in [0.29, 0.717) is 17.0 Å². The van der Waals surface area contributed by atoms with Crippen LogP contribution in [0.2, 0.25) is 0 Å². The second-order valence-electron chi connectivity index (χ2n) is 6.06. The largest absolute Gasteiger partial charge is 0.479 e. The molecule has 0 heterocycles. The molecule has 3 aromatic rings. The number of halogens is 1. The van der Waals surface area contributed by atoms with Crippen molar-refractivity contribution < 1.29 is 22.3 Å². The molecule has 9 heteroatoms. The van der Waals surface area contributed by atoms with Crippen LogP contribution in [-0.4, -0.2) is 20.9 Å². The maximum Gasteiger partial charge on any atom is 0.261 e. The zero-order chi connectivity index (χ0) is 21.6. The van der Waals surface area contributed by atoms with Gasteiger partial charge >= 0.3 is 0 Å². The third kappa shape index (κ3) is 5.33. The van der Waals surface area contributed by atoms with Gasteiger partial charge in [0.15, 0.2) is 6.61 Å². The van der Waals surface area contributed by atoms with Gasteiger partial charge in [0.25, 0.3) is 15.9 Å². The lowest BCUT2D eigenvalue weighted by Crippen LogP contribution is -2.14. The van der Waals surface area contributed by atoms with E-state index in [4.69, 9.17) is 10.00 Å². The number of hydrogen-bond acceptors (Lipinski definition) is 5. The average Bonchev–Trinajstić information content (AvgIpc) is 2.74. The summed E-state index contributed by atoms with van der Waals surface area (Å²) in [6.07, 6.45) is 0. The first-order chi connectivity index (χ1) is 14.4. The van der Waals surface area contributed by atoms with Crippen LogP contribution in [0.5, 0.6) is 5.75 Å². The van der Waals surface area contributed by atoms with Gasteiger partial charge in [-0.3, -0.25) is 9.52 Å². The minimum atomic E-state index is -3.87. The van der Waals surface area contributed by atoms with E-state index in [1.165, 1.54) is 24.3 Å². The standard InChI is InChI=1S/C21H16FN3O4S/c22-16-3-11-20(12-4-16)30(27,28)25-18-5-1-15(2-6-18)21(26)24-17-7-9-19(10-8-17)29-14-13-23/h1-12,25H,14H2,(H,24,26). The van der Waals surface area contributed by atoms with E-state index >= 15 is 0 Å². The number of nitrogens with one attached hydrogen (secondary N) is 2. The minimum absolute atomic E-state index is 0.0665. The molecule has 3 rings (SSSR count). The lowest BCUT2D eigenvalue weighted by molar-refractivity contribution is 0.102. The molecule has 0 saturated heterocycles. The van der Waals surface area contributed by atoms with Gasteiger partial charge in [0.05, 0.1) is 4.90 Å². The fraction of sp³-hybridized carbons (Fsp3) is 0.0476. The fourth-order valence-corrected chi connectivity index (χ4v) is 3.53. The van der Waals surface area contributed by atoms with Crippen molar-refractivity contribution in [3.05, 3.63) is 84.2 Å². The number of carbonyl (C=O) groups excluding carboxylic acids is 1. The monoisotopic (exact) mass is 425 g/mol. The van der Waals surface area contributed by atoms with E-state index in [1.807, 2.05) is 6.07 Å². The first kappa shape index (κ1) is 20.8. The van der Waals surface area contributed by atoms with Crippen molar-refractivity contribution in [1.29, 1.82) is 5.26 Å². The predicted octanol–water partition coefficient (Wildman–Crippen LogP) is 3.78. The lowest BCUT2D eigenvalue weighted by atomic mass is 10.2. The van der Waals surface area contributed by atoms with Gasteiger partial charge < -0.3 is 10.1 Å². The highest BCUT2D eigenvalue weighted by Crippen LogP contribution is 2.19. The molecular weight excluding hydrogens is 409 g/mol. The Morgan fingerprint density at radius 1 is 0.933 bits per heavy atom. The molecule has 0 saturated carbocycles. The Hall–Kier alpha value is -3.90. The van der Waals surface area contributed by atoms with Crippen molar-refractivity contribution in [1.82, 2.24) is 0 Å². The molecule has 0 aliphatic carbocycles. The summed E-state index contributed by atoms with van der Waals surface area (Å²) >= 11 is 0. The number of carbonyl (C=O) groups is 1. The van der Waals surface area contributed by atoms with Crippen molar-refractivity contribution >= 4 is 27.3 Å². The molecule has 0 atom stereocenters. The van der Waals surface area contributed by atoms with Gasteiger partial charge in [-0.2, -0.15) is 5.26 Å². The zero-order valence-electron chi connectivity index (χ0n) is 15.5.